The van der Waals surface area contributed by atoms with E-state index in [0.29, 0.717) is 13.0 Å². The van der Waals surface area contributed by atoms with Gasteiger partial charge in [-0.1, -0.05) is 6.07 Å². The van der Waals surface area contributed by atoms with E-state index in [2.05, 4.69) is 0 Å². The standard InChI is InChI=1S/C16H20FNO5/c1-11(23-13-5-3-4-12(17)8-13)14(19)18-7-6-16(9-18,10-22-2)15(20)21/h3-5,8,11H,6-7,9-10H2,1-2H3,(H,20,21). The molecule has 2 unspecified atom stereocenters. The molecule has 0 radical (unpaired) electrons. The molecule has 1 fully saturated rings. The molecule has 1 aromatic carbocycles. The van der Waals surface area contributed by atoms with E-state index in [1.165, 1.54) is 30.2 Å². The third-order valence-electron chi connectivity index (χ3n) is 4.00. The van der Waals surface area contributed by atoms with Crippen molar-refractivity contribution in [2.24, 2.45) is 5.41 Å². The molecule has 1 amide bonds. The topological polar surface area (TPSA) is 76.1 Å². The number of carbonyl (C=O) groups is 2. The van der Waals surface area contributed by atoms with Gasteiger partial charge < -0.3 is 19.5 Å². The first-order valence-corrected chi connectivity index (χ1v) is 7.31. The molecule has 6 nitrogen and oxygen atoms in total. The summed E-state index contributed by atoms with van der Waals surface area (Å²) in [6, 6.07) is 5.53. The van der Waals surface area contributed by atoms with Crippen molar-refractivity contribution in [3.8, 4) is 5.75 Å². The highest BCUT2D eigenvalue weighted by Crippen LogP contribution is 2.32. The molecule has 0 aliphatic carbocycles. The third-order valence-corrected chi connectivity index (χ3v) is 4.00. The second-order valence-corrected chi connectivity index (χ2v) is 5.75. The summed E-state index contributed by atoms with van der Waals surface area (Å²) in [7, 11) is 1.44. The van der Waals surface area contributed by atoms with Gasteiger partial charge in [0.1, 0.15) is 17.0 Å². The molecule has 1 N–H and O–H groups in total. The average molecular weight is 325 g/mol. The molecular weight excluding hydrogens is 305 g/mol. The maximum atomic E-state index is 13.1. The summed E-state index contributed by atoms with van der Waals surface area (Å²) < 4.78 is 23.6. The van der Waals surface area contributed by atoms with Crippen LogP contribution in [0.5, 0.6) is 5.75 Å². The van der Waals surface area contributed by atoms with Crippen molar-refractivity contribution in [2.75, 3.05) is 26.8 Å². The lowest BCUT2D eigenvalue weighted by Gasteiger charge is -2.25. The van der Waals surface area contributed by atoms with Crippen LogP contribution in [0.15, 0.2) is 24.3 Å². The summed E-state index contributed by atoms with van der Waals surface area (Å²) in [5.74, 6) is -1.50. The van der Waals surface area contributed by atoms with Gasteiger partial charge in [-0.2, -0.15) is 0 Å². The smallest absolute Gasteiger partial charge is 0.313 e. The summed E-state index contributed by atoms with van der Waals surface area (Å²) in [5, 5.41) is 9.41. The van der Waals surface area contributed by atoms with Crippen LogP contribution in [-0.4, -0.2) is 54.8 Å². The van der Waals surface area contributed by atoms with Crippen molar-refractivity contribution in [3.63, 3.8) is 0 Å². The molecule has 1 aliphatic rings. The molecule has 1 aliphatic heterocycles. The number of rotatable bonds is 6. The largest absolute Gasteiger partial charge is 0.481 e. The Hall–Kier alpha value is -2.15. The number of ether oxygens (including phenoxy) is 2. The number of hydrogen-bond donors (Lipinski definition) is 1. The zero-order valence-corrected chi connectivity index (χ0v) is 13.1. The molecule has 1 saturated heterocycles. The SMILES string of the molecule is COCC1(C(=O)O)CCN(C(=O)C(C)Oc2cccc(F)c2)C1. The van der Waals surface area contributed by atoms with E-state index in [-0.39, 0.29) is 24.8 Å². The molecular formula is C16H20FNO5. The number of carboxylic acid groups (broad SMARTS) is 1. The van der Waals surface area contributed by atoms with E-state index in [1.807, 2.05) is 0 Å². The second-order valence-electron chi connectivity index (χ2n) is 5.75. The average Bonchev–Trinajstić information content (AvgIpc) is 2.92. The van der Waals surface area contributed by atoms with E-state index >= 15 is 0 Å². The minimum atomic E-state index is -1.08. The van der Waals surface area contributed by atoms with Crippen LogP contribution in [0, 0.1) is 11.2 Å². The Kier molecular flexibility index (Phi) is 5.20. The van der Waals surface area contributed by atoms with Crippen LogP contribution in [0.2, 0.25) is 0 Å². The van der Waals surface area contributed by atoms with Gasteiger partial charge in [0, 0.05) is 26.3 Å². The molecule has 2 atom stereocenters. The molecule has 0 aromatic heterocycles. The van der Waals surface area contributed by atoms with Gasteiger partial charge in [-0.25, -0.2) is 4.39 Å². The van der Waals surface area contributed by atoms with Crippen molar-refractivity contribution in [2.45, 2.75) is 19.4 Å². The highest BCUT2D eigenvalue weighted by Gasteiger charge is 2.47. The number of amides is 1. The number of aliphatic carboxylic acids is 1. The fourth-order valence-corrected chi connectivity index (χ4v) is 2.74. The number of nitrogens with zero attached hydrogens (tertiary/aromatic N) is 1. The van der Waals surface area contributed by atoms with E-state index in [1.54, 1.807) is 13.0 Å². The third kappa shape index (κ3) is 3.79. The predicted molar refractivity (Wildman–Crippen MR) is 79.6 cm³/mol. The Morgan fingerprint density at radius 2 is 2.22 bits per heavy atom. The Morgan fingerprint density at radius 1 is 1.48 bits per heavy atom. The lowest BCUT2D eigenvalue weighted by molar-refractivity contribution is -0.152. The van der Waals surface area contributed by atoms with Gasteiger partial charge in [-0.15, -0.1) is 0 Å². The molecule has 0 saturated carbocycles. The van der Waals surface area contributed by atoms with Gasteiger partial charge in [0.05, 0.1) is 6.61 Å². The van der Waals surface area contributed by atoms with Gasteiger partial charge in [-0.3, -0.25) is 9.59 Å². The monoisotopic (exact) mass is 325 g/mol. The van der Waals surface area contributed by atoms with E-state index in [0.717, 1.165) is 0 Å². The molecule has 23 heavy (non-hydrogen) atoms. The Bertz CT molecular complexity index is 594. The summed E-state index contributed by atoms with van der Waals surface area (Å²) in [6.07, 6.45) is -0.502. The van der Waals surface area contributed by atoms with Crippen molar-refractivity contribution in [1.29, 1.82) is 0 Å². The van der Waals surface area contributed by atoms with Crippen LogP contribution < -0.4 is 4.74 Å². The van der Waals surface area contributed by atoms with Crippen molar-refractivity contribution in [3.05, 3.63) is 30.1 Å². The van der Waals surface area contributed by atoms with Gasteiger partial charge in [0.2, 0.25) is 0 Å². The molecule has 2 rings (SSSR count). The maximum absolute atomic E-state index is 13.1. The lowest BCUT2D eigenvalue weighted by Crippen LogP contribution is -2.43. The van der Waals surface area contributed by atoms with E-state index in [9.17, 15) is 19.1 Å². The first-order valence-electron chi connectivity index (χ1n) is 7.31. The van der Waals surface area contributed by atoms with E-state index < -0.39 is 23.3 Å². The van der Waals surface area contributed by atoms with Gasteiger partial charge in [0.25, 0.3) is 5.91 Å². The summed E-state index contributed by atoms with van der Waals surface area (Å²) in [5.41, 5.74) is -1.08. The van der Waals surface area contributed by atoms with Crippen LogP contribution in [-0.2, 0) is 14.3 Å². The Morgan fingerprint density at radius 3 is 2.83 bits per heavy atom. The van der Waals surface area contributed by atoms with Crippen molar-refractivity contribution < 1.29 is 28.6 Å². The van der Waals surface area contributed by atoms with E-state index in [4.69, 9.17) is 9.47 Å². The lowest BCUT2D eigenvalue weighted by atomic mass is 9.88. The highest BCUT2D eigenvalue weighted by molar-refractivity contribution is 5.83. The molecule has 0 spiro atoms. The first-order chi connectivity index (χ1) is 10.9. The molecule has 0 bridgehead atoms. The number of halogens is 1. The molecule has 1 aromatic rings. The normalized spacial score (nSPS) is 22.0. The van der Waals surface area contributed by atoms with Crippen molar-refractivity contribution in [1.82, 2.24) is 4.90 Å². The first kappa shape index (κ1) is 17.2. The summed E-state index contributed by atoms with van der Waals surface area (Å²) in [4.78, 5) is 25.4. The molecule has 7 heteroatoms. The summed E-state index contributed by atoms with van der Waals surface area (Å²) >= 11 is 0. The van der Waals surface area contributed by atoms with Crippen LogP contribution >= 0.6 is 0 Å². The minimum Gasteiger partial charge on any atom is -0.481 e. The Balaban J connectivity index is 2.02. The second kappa shape index (κ2) is 6.95. The number of benzene rings is 1. The molecule has 1 heterocycles. The quantitative estimate of drug-likeness (QED) is 0.859. The van der Waals surface area contributed by atoms with Gasteiger partial charge in [0.15, 0.2) is 6.10 Å². The van der Waals surface area contributed by atoms with Gasteiger partial charge in [-0.05, 0) is 25.5 Å². The number of hydrogen-bond acceptors (Lipinski definition) is 4. The van der Waals surface area contributed by atoms with Crippen LogP contribution in [0.1, 0.15) is 13.3 Å². The number of methoxy groups -OCH3 is 1. The van der Waals surface area contributed by atoms with Gasteiger partial charge >= 0.3 is 5.97 Å². The van der Waals surface area contributed by atoms with Crippen LogP contribution in [0.4, 0.5) is 4.39 Å². The summed E-state index contributed by atoms with van der Waals surface area (Å²) in [6.45, 7) is 2.01. The van der Waals surface area contributed by atoms with Crippen LogP contribution in [0.3, 0.4) is 0 Å². The van der Waals surface area contributed by atoms with Crippen molar-refractivity contribution >= 4 is 11.9 Å². The highest BCUT2D eigenvalue weighted by atomic mass is 19.1. The molecule has 126 valence electrons. The Labute approximate surface area is 133 Å². The zero-order chi connectivity index (χ0) is 17.0. The maximum Gasteiger partial charge on any atom is 0.313 e. The number of likely N-dealkylation sites (tertiary alicyclic amines) is 1. The van der Waals surface area contributed by atoms with Crippen LogP contribution in [0.25, 0.3) is 0 Å². The number of carbonyl (C=O) groups excluding carboxylic acids is 1. The number of carboxylic acids is 1. The minimum absolute atomic E-state index is 0.0469. The fraction of sp³-hybridized carbons (Fsp3) is 0.500. The zero-order valence-electron chi connectivity index (χ0n) is 13.1. The predicted octanol–water partition coefficient (Wildman–Crippen LogP) is 1.54. The fourth-order valence-electron chi connectivity index (χ4n) is 2.74.